The fourth-order valence-corrected chi connectivity index (χ4v) is 8.83. The van der Waals surface area contributed by atoms with Crippen molar-refractivity contribution in [1.29, 1.82) is 0 Å². The van der Waals surface area contributed by atoms with Crippen molar-refractivity contribution in [2.45, 2.75) is 43.5 Å². The van der Waals surface area contributed by atoms with Crippen LogP contribution in [-0.2, 0) is 36.6 Å². The van der Waals surface area contributed by atoms with Crippen LogP contribution in [0.25, 0.3) is 0 Å². The molecule has 1 aromatic rings. The third-order valence-electron chi connectivity index (χ3n) is 5.56. The van der Waals surface area contributed by atoms with Gasteiger partial charge in [0, 0.05) is 19.3 Å². The van der Waals surface area contributed by atoms with E-state index in [9.17, 15) is 16.8 Å². The Morgan fingerprint density at radius 2 is 2.19 bits per heavy atom. The van der Waals surface area contributed by atoms with Crippen LogP contribution in [0.5, 0.6) is 0 Å². The second-order valence-corrected chi connectivity index (χ2v) is 11.8. The molecule has 1 aromatic heterocycles. The van der Waals surface area contributed by atoms with Crippen molar-refractivity contribution in [3.8, 4) is 0 Å². The van der Waals surface area contributed by atoms with Gasteiger partial charge in [-0.05, 0) is 38.2 Å². The summed E-state index contributed by atoms with van der Waals surface area (Å²) in [7, 11) is -6.95. The van der Waals surface area contributed by atoms with E-state index in [1.54, 1.807) is 6.20 Å². The molecule has 0 bridgehead atoms. The molecule has 2 saturated heterocycles. The molecule has 0 radical (unpaired) electrons. The smallest absolute Gasteiger partial charge is 0.218 e. The number of sulfonamides is 1. The second-order valence-electron chi connectivity index (χ2n) is 7.39. The Morgan fingerprint density at radius 1 is 1.38 bits per heavy atom. The molecule has 0 aromatic carbocycles. The zero-order chi connectivity index (χ0) is 18.6. The van der Waals surface area contributed by atoms with Gasteiger partial charge in [-0.2, -0.15) is 4.31 Å². The van der Waals surface area contributed by atoms with Gasteiger partial charge < -0.3 is 4.74 Å². The summed E-state index contributed by atoms with van der Waals surface area (Å²) in [5.41, 5.74) is 1.03. The van der Waals surface area contributed by atoms with Crippen LogP contribution in [0, 0.1) is 6.92 Å². The Bertz CT molecular complexity index is 931. The molecule has 0 saturated carbocycles. The third kappa shape index (κ3) is 3.06. The van der Waals surface area contributed by atoms with Crippen LogP contribution in [0.15, 0.2) is 6.20 Å². The molecule has 3 aliphatic rings. The number of rotatable bonds is 2. The van der Waals surface area contributed by atoms with E-state index < -0.39 is 30.7 Å². The molecule has 4 heterocycles. The summed E-state index contributed by atoms with van der Waals surface area (Å²) in [5, 5.41) is -0.849. The molecule has 144 valence electrons. The van der Waals surface area contributed by atoms with Gasteiger partial charge in [-0.15, -0.1) is 0 Å². The molecule has 0 amide bonds. The van der Waals surface area contributed by atoms with Gasteiger partial charge in [0.1, 0.15) is 11.4 Å². The fourth-order valence-electron chi connectivity index (χ4n) is 4.22. The topological polar surface area (TPSA) is 107 Å². The molecule has 0 aliphatic carbocycles. The third-order valence-corrected chi connectivity index (χ3v) is 9.81. The summed E-state index contributed by atoms with van der Waals surface area (Å²) in [6, 6.07) is 0. The highest BCUT2D eigenvalue weighted by atomic mass is 32.2. The van der Waals surface area contributed by atoms with Crippen LogP contribution >= 0.6 is 0 Å². The van der Waals surface area contributed by atoms with Gasteiger partial charge >= 0.3 is 0 Å². The van der Waals surface area contributed by atoms with E-state index in [0.29, 0.717) is 38.2 Å². The van der Waals surface area contributed by atoms with E-state index in [2.05, 4.69) is 9.97 Å². The predicted octanol–water partition coefficient (Wildman–Crippen LogP) is 0.166. The van der Waals surface area contributed by atoms with Gasteiger partial charge in [0.2, 0.25) is 10.0 Å². The number of piperidine rings is 1. The van der Waals surface area contributed by atoms with Crippen molar-refractivity contribution in [3.05, 3.63) is 23.3 Å². The van der Waals surface area contributed by atoms with E-state index in [1.807, 2.05) is 6.92 Å². The van der Waals surface area contributed by atoms with Crippen LogP contribution in [-0.4, -0.2) is 67.6 Å². The average Bonchev–Trinajstić information content (AvgIpc) is 2.97. The Kier molecular flexibility index (Phi) is 4.37. The van der Waals surface area contributed by atoms with Crippen LogP contribution in [0.2, 0.25) is 0 Å². The quantitative estimate of drug-likeness (QED) is 0.695. The zero-order valence-corrected chi connectivity index (χ0v) is 16.4. The van der Waals surface area contributed by atoms with Crippen molar-refractivity contribution in [2.24, 2.45) is 0 Å². The Balaban J connectivity index is 1.66. The monoisotopic (exact) mass is 401 g/mol. The maximum absolute atomic E-state index is 13.1. The van der Waals surface area contributed by atoms with Crippen LogP contribution < -0.4 is 0 Å². The van der Waals surface area contributed by atoms with Crippen molar-refractivity contribution in [2.75, 3.05) is 31.2 Å². The summed E-state index contributed by atoms with van der Waals surface area (Å²) in [6.45, 7) is 2.90. The largest absolute Gasteiger partial charge is 0.367 e. The summed E-state index contributed by atoms with van der Waals surface area (Å²) in [5.74, 6) is 0.301. The number of nitrogens with zero attached hydrogens (tertiary/aromatic N) is 3. The molecular formula is C16H23N3O5S2. The van der Waals surface area contributed by atoms with Gasteiger partial charge in [-0.1, -0.05) is 0 Å². The minimum absolute atomic E-state index is 0.0539. The summed E-state index contributed by atoms with van der Waals surface area (Å²) in [4.78, 5) is 8.83. The summed E-state index contributed by atoms with van der Waals surface area (Å²) >= 11 is 0. The van der Waals surface area contributed by atoms with Gasteiger partial charge in [0.05, 0.1) is 29.1 Å². The molecular weight excluding hydrogens is 378 g/mol. The predicted molar refractivity (Wildman–Crippen MR) is 94.9 cm³/mol. The lowest BCUT2D eigenvalue weighted by Gasteiger charge is -2.44. The molecule has 0 N–H and O–H groups in total. The number of hydrogen-bond acceptors (Lipinski definition) is 7. The summed E-state index contributed by atoms with van der Waals surface area (Å²) < 4.78 is 57.1. The first-order chi connectivity index (χ1) is 12.2. The molecule has 4 rings (SSSR count). The number of fused-ring (bicyclic) bond motifs is 2. The molecule has 2 fully saturated rings. The molecule has 8 nitrogen and oxygen atoms in total. The van der Waals surface area contributed by atoms with Crippen molar-refractivity contribution in [1.82, 2.24) is 14.3 Å². The van der Waals surface area contributed by atoms with E-state index in [0.717, 1.165) is 11.3 Å². The maximum Gasteiger partial charge on any atom is 0.218 e. The van der Waals surface area contributed by atoms with E-state index >= 15 is 0 Å². The highest BCUT2D eigenvalue weighted by Crippen LogP contribution is 2.40. The first kappa shape index (κ1) is 18.3. The first-order valence-corrected chi connectivity index (χ1v) is 12.2. The van der Waals surface area contributed by atoms with Crippen molar-refractivity contribution >= 4 is 19.9 Å². The van der Waals surface area contributed by atoms with Crippen LogP contribution in [0.4, 0.5) is 0 Å². The molecule has 0 unspecified atom stereocenters. The molecule has 2 atom stereocenters. The number of sulfone groups is 1. The molecule has 1 spiro atoms. The standard InChI is InChI=1S/C16H23N3O5S2/c1-12-17-9-13-3-7-24-16(15(13)18-12)5-2-6-19(11-16)26(22,23)14-4-8-25(20,21)10-14/h9,14H,2-8,10-11H2,1H3/t14-,16-/m0/s1. The van der Waals surface area contributed by atoms with Crippen LogP contribution in [0.1, 0.15) is 36.3 Å². The summed E-state index contributed by atoms with van der Waals surface area (Å²) in [6.07, 6.45) is 4.05. The highest BCUT2D eigenvalue weighted by Gasteiger charge is 2.48. The zero-order valence-electron chi connectivity index (χ0n) is 14.7. The van der Waals surface area contributed by atoms with Crippen molar-refractivity contribution in [3.63, 3.8) is 0 Å². The molecule has 10 heteroatoms. The van der Waals surface area contributed by atoms with Crippen LogP contribution in [0.3, 0.4) is 0 Å². The maximum atomic E-state index is 13.1. The van der Waals surface area contributed by atoms with E-state index in [1.165, 1.54) is 4.31 Å². The Morgan fingerprint density at radius 3 is 2.92 bits per heavy atom. The molecule has 3 aliphatic heterocycles. The van der Waals surface area contributed by atoms with Gasteiger partial charge in [-0.25, -0.2) is 26.8 Å². The van der Waals surface area contributed by atoms with Crippen molar-refractivity contribution < 1.29 is 21.6 Å². The average molecular weight is 402 g/mol. The van der Waals surface area contributed by atoms with Gasteiger partial charge in [0.15, 0.2) is 9.84 Å². The highest BCUT2D eigenvalue weighted by molar-refractivity contribution is 7.95. The lowest BCUT2D eigenvalue weighted by molar-refractivity contribution is -0.0936. The lowest BCUT2D eigenvalue weighted by Crippen LogP contribution is -2.54. The van der Waals surface area contributed by atoms with Gasteiger partial charge in [-0.3, -0.25) is 0 Å². The van der Waals surface area contributed by atoms with E-state index in [4.69, 9.17) is 4.74 Å². The molecule has 26 heavy (non-hydrogen) atoms. The minimum Gasteiger partial charge on any atom is -0.367 e. The first-order valence-electron chi connectivity index (χ1n) is 8.88. The van der Waals surface area contributed by atoms with E-state index in [-0.39, 0.29) is 24.5 Å². The number of aromatic nitrogens is 2. The second kappa shape index (κ2) is 6.22. The van der Waals surface area contributed by atoms with Gasteiger partial charge in [0.25, 0.3) is 0 Å². The SMILES string of the molecule is Cc1ncc2c(n1)[C@@]1(CCCN(S(=O)(=O)[C@H]3CCS(=O)(=O)C3)C1)OCC2. The Hall–Kier alpha value is -1.10. The fraction of sp³-hybridized carbons (Fsp3) is 0.750. The lowest BCUT2D eigenvalue weighted by atomic mass is 9.85. The number of hydrogen-bond donors (Lipinski definition) is 0. The number of ether oxygens (including phenoxy) is 1. The number of aryl methyl sites for hydroxylation is 1. The normalized spacial score (nSPS) is 31.8. The minimum atomic E-state index is -3.69. The Labute approximate surface area is 153 Å².